The Labute approximate surface area is 142 Å². The van der Waals surface area contributed by atoms with Crippen LogP contribution in [0, 0.1) is 33.5 Å². The van der Waals surface area contributed by atoms with E-state index in [0.717, 1.165) is 18.8 Å². The second-order valence-corrected chi connectivity index (χ2v) is 10.2. The first kappa shape index (κ1) is 18.0. The molecule has 2 aliphatic rings. The van der Waals surface area contributed by atoms with E-state index in [1.165, 1.54) is 11.3 Å². The molecule has 3 nitrogen and oxygen atoms in total. The zero-order valence-corrected chi connectivity index (χ0v) is 16.4. The number of allylic oxidation sites excluding steroid dienone is 1. The fourth-order valence-electron chi connectivity index (χ4n) is 3.78. The molecule has 0 bridgehead atoms. The molecule has 0 N–H and O–H groups in total. The third-order valence-electron chi connectivity index (χ3n) is 4.74. The van der Waals surface area contributed by atoms with E-state index in [4.69, 9.17) is 4.99 Å². The van der Waals surface area contributed by atoms with Crippen LogP contribution in [0.2, 0.25) is 0 Å². The average molecular weight is 316 g/mol. The normalized spacial score (nSPS) is 26.1. The van der Waals surface area contributed by atoms with Crippen LogP contribution in [0.1, 0.15) is 68.7 Å². The Balaban J connectivity index is 2.69. The highest BCUT2D eigenvalue weighted by Gasteiger charge is 2.46. The lowest BCUT2D eigenvalue weighted by Gasteiger charge is -2.45. The molecule has 0 amide bonds. The molecule has 0 unspecified atom stereocenters. The maximum absolute atomic E-state index is 9.48. The lowest BCUT2D eigenvalue weighted by atomic mass is 9.70. The molecule has 0 aromatic heterocycles. The van der Waals surface area contributed by atoms with Gasteiger partial charge in [0.25, 0.3) is 0 Å². The van der Waals surface area contributed by atoms with Crippen LogP contribution in [0.25, 0.3) is 0 Å². The van der Waals surface area contributed by atoms with Crippen LogP contribution >= 0.6 is 0 Å². The number of nitriles is 1. The lowest BCUT2D eigenvalue weighted by molar-refractivity contribution is 0.285. The van der Waals surface area contributed by atoms with Crippen LogP contribution in [0.15, 0.2) is 16.3 Å². The first-order chi connectivity index (χ1) is 10.3. The summed E-state index contributed by atoms with van der Waals surface area (Å²) in [5, 5.41) is 9.48. The van der Waals surface area contributed by atoms with Crippen molar-refractivity contribution in [2.24, 2.45) is 27.2 Å². The molecule has 0 spiro atoms. The predicted molar refractivity (Wildman–Crippen MR) is 97.0 cm³/mol. The van der Waals surface area contributed by atoms with Crippen LogP contribution in [-0.4, -0.2) is 23.3 Å². The number of amidine groups is 1. The molecular weight excluding hydrogens is 282 g/mol. The van der Waals surface area contributed by atoms with Gasteiger partial charge in [0.1, 0.15) is 5.84 Å². The molecule has 2 rings (SSSR count). The van der Waals surface area contributed by atoms with Crippen molar-refractivity contribution in [3.63, 3.8) is 0 Å². The SMILES string of the molecule is CC(C)(C)C1=N[C@H](C(C)(C)C)C(C(C)(C)C)=C2C[C@@H](C#N)CN12. The van der Waals surface area contributed by atoms with Gasteiger partial charge in [0.2, 0.25) is 0 Å². The van der Waals surface area contributed by atoms with E-state index in [1.807, 2.05) is 0 Å². The third-order valence-corrected chi connectivity index (χ3v) is 4.74. The minimum atomic E-state index is -0.0114. The van der Waals surface area contributed by atoms with E-state index in [1.54, 1.807) is 0 Å². The van der Waals surface area contributed by atoms with Gasteiger partial charge >= 0.3 is 0 Å². The number of aliphatic imine (C=N–C) groups is 1. The van der Waals surface area contributed by atoms with Crippen molar-refractivity contribution in [1.82, 2.24) is 4.90 Å². The summed E-state index contributed by atoms with van der Waals surface area (Å²) in [6.45, 7) is 21.1. The van der Waals surface area contributed by atoms with Gasteiger partial charge in [0.15, 0.2) is 0 Å². The molecule has 128 valence electrons. The summed E-state index contributed by atoms with van der Waals surface area (Å²) in [7, 11) is 0. The second kappa shape index (κ2) is 5.36. The van der Waals surface area contributed by atoms with Gasteiger partial charge < -0.3 is 4.90 Å². The average Bonchev–Trinajstić information content (AvgIpc) is 2.76. The Morgan fingerprint density at radius 3 is 1.96 bits per heavy atom. The summed E-state index contributed by atoms with van der Waals surface area (Å²) in [6, 6.07) is 2.67. The lowest BCUT2D eigenvalue weighted by Crippen LogP contribution is -2.47. The molecule has 0 aromatic rings. The highest BCUT2D eigenvalue weighted by molar-refractivity contribution is 5.90. The molecule has 23 heavy (non-hydrogen) atoms. The topological polar surface area (TPSA) is 39.4 Å². The number of nitrogens with zero attached hydrogens (tertiary/aromatic N) is 3. The molecule has 0 radical (unpaired) electrons. The molecule has 2 atom stereocenters. The van der Waals surface area contributed by atoms with Gasteiger partial charge in [-0.2, -0.15) is 5.26 Å². The summed E-state index contributed by atoms with van der Waals surface area (Å²) in [5.41, 5.74) is 2.91. The first-order valence-electron chi connectivity index (χ1n) is 8.75. The van der Waals surface area contributed by atoms with E-state index >= 15 is 0 Å². The monoisotopic (exact) mass is 315 g/mol. The number of rotatable bonds is 0. The molecule has 0 aromatic carbocycles. The van der Waals surface area contributed by atoms with E-state index in [2.05, 4.69) is 73.3 Å². The Kier molecular flexibility index (Phi) is 4.21. The van der Waals surface area contributed by atoms with Crippen LogP contribution in [0.5, 0.6) is 0 Å². The second-order valence-electron chi connectivity index (χ2n) is 10.2. The fraction of sp³-hybridized carbons (Fsp3) is 0.800. The van der Waals surface area contributed by atoms with E-state index < -0.39 is 0 Å². The Bertz CT molecular complexity index is 582. The summed E-state index contributed by atoms with van der Waals surface area (Å²) in [5.74, 6) is 1.23. The molecule has 2 heterocycles. The van der Waals surface area contributed by atoms with Crippen molar-refractivity contribution in [3.8, 4) is 6.07 Å². The van der Waals surface area contributed by atoms with Crippen molar-refractivity contribution >= 4 is 5.84 Å². The van der Waals surface area contributed by atoms with Crippen LogP contribution < -0.4 is 0 Å². The summed E-state index contributed by atoms with van der Waals surface area (Å²) < 4.78 is 0. The Morgan fingerprint density at radius 2 is 1.57 bits per heavy atom. The van der Waals surface area contributed by atoms with Crippen molar-refractivity contribution in [1.29, 1.82) is 5.26 Å². The molecule has 2 aliphatic heterocycles. The van der Waals surface area contributed by atoms with Crippen LogP contribution in [-0.2, 0) is 0 Å². The molecule has 1 saturated heterocycles. The third kappa shape index (κ3) is 3.32. The van der Waals surface area contributed by atoms with Gasteiger partial charge in [-0.1, -0.05) is 62.3 Å². The number of hydrogen-bond acceptors (Lipinski definition) is 3. The van der Waals surface area contributed by atoms with E-state index in [9.17, 15) is 5.26 Å². The molecule has 3 heteroatoms. The Morgan fingerprint density at radius 1 is 1.00 bits per heavy atom. The number of fused-ring (bicyclic) bond motifs is 1. The van der Waals surface area contributed by atoms with Crippen molar-refractivity contribution in [3.05, 3.63) is 11.3 Å². The zero-order chi connectivity index (χ0) is 17.8. The molecular formula is C20H33N3. The van der Waals surface area contributed by atoms with Crippen molar-refractivity contribution in [2.45, 2.75) is 74.8 Å². The van der Waals surface area contributed by atoms with Gasteiger partial charge in [0, 0.05) is 24.1 Å². The first-order valence-corrected chi connectivity index (χ1v) is 8.75. The van der Waals surface area contributed by atoms with Gasteiger partial charge in [0.05, 0.1) is 18.0 Å². The van der Waals surface area contributed by atoms with Crippen molar-refractivity contribution < 1.29 is 0 Å². The van der Waals surface area contributed by atoms with Gasteiger partial charge in [-0.05, 0) is 16.4 Å². The van der Waals surface area contributed by atoms with Crippen molar-refractivity contribution in [2.75, 3.05) is 6.54 Å². The molecule has 0 saturated carbocycles. The maximum atomic E-state index is 9.48. The zero-order valence-electron chi connectivity index (χ0n) is 16.4. The highest BCUT2D eigenvalue weighted by atomic mass is 15.3. The molecule has 1 fully saturated rings. The predicted octanol–water partition coefficient (Wildman–Crippen LogP) is 5.00. The van der Waals surface area contributed by atoms with Crippen LogP contribution in [0.4, 0.5) is 0 Å². The van der Waals surface area contributed by atoms with Gasteiger partial charge in [-0.25, -0.2) is 0 Å². The fourth-order valence-corrected chi connectivity index (χ4v) is 3.78. The standard InChI is InChI=1S/C20H33N3/c1-18(2,3)15-14-10-13(11-21)12-23(14)17(20(7,8)9)22-16(15)19(4,5)6/h13,16H,10,12H2,1-9H3/t13-,16-/m0/s1. The maximum Gasteiger partial charge on any atom is 0.109 e. The Hall–Kier alpha value is -1.30. The summed E-state index contributed by atoms with van der Waals surface area (Å²) >= 11 is 0. The van der Waals surface area contributed by atoms with Crippen LogP contribution in [0.3, 0.4) is 0 Å². The van der Waals surface area contributed by atoms with Gasteiger partial charge in [-0.15, -0.1) is 0 Å². The minimum Gasteiger partial charge on any atom is -0.332 e. The minimum absolute atomic E-state index is 0.0114. The number of hydrogen-bond donors (Lipinski definition) is 0. The quantitative estimate of drug-likeness (QED) is 0.630. The molecule has 0 aliphatic carbocycles. The van der Waals surface area contributed by atoms with E-state index in [0.29, 0.717) is 0 Å². The summed E-state index contributed by atoms with van der Waals surface area (Å²) in [6.07, 6.45) is 0.866. The summed E-state index contributed by atoms with van der Waals surface area (Å²) in [4.78, 5) is 7.62. The largest absolute Gasteiger partial charge is 0.332 e. The van der Waals surface area contributed by atoms with Gasteiger partial charge in [-0.3, -0.25) is 4.99 Å². The highest BCUT2D eigenvalue weighted by Crippen LogP contribution is 2.48. The van der Waals surface area contributed by atoms with E-state index in [-0.39, 0.29) is 28.2 Å². The smallest absolute Gasteiger partial charge is 0.109 e.